The molecule has 0 amide bonds. The first-order valence-electron chi connectivity index (χ1n) is 11.9. The molecule has 0 saturated carbocycles. The van der Waals surface area contributed by atoms with Gasteiger partial charge in [0, 0.05) is 30.0 Å². The Morgan fingerprint density at radius 3 is 1.65 bits per heavy atom. The second-order valence-electron chi connectivity index (χ2n) is 6.87. The molecular weight excluding hydrogens is 512 g/mol. The second kappa shape index (κ2) is 21.2. The predicted octanol–water partition coefficient (Wildman–Crippen LogP) is 9.97. The molecule has 1 unspecified atom stereocenters. The number of ketones is 2. The molecule has 0 aliphatic rings. The third kappa shape index (κ3) is 13.1. The van der Waals surface area contributed by atoms with Crippen LogP contribution in [-0.2, 0) is 0 Å². The van der Waals surface area contributed by atoms with Gasteiger partial charge in [-0.25, -0.2) is 0 Å². The zero-order valence-electron chi connectivity index (χ0n) is 21.2. The average Bonchev–Trinajstić information content (AvgIpc) is 2.86. The summed E-state index contributed by atoms with van der Waals surface area (Å²) >= 11 is 23.2. The summed E-state index contributed by atoms with van der Waals surface area (Å²) in [7, 11) is 0. The molecule has 2 N–H and O–H groups in total. The van der Waals surface area contributed by atoms with E-state index < -0.39 is 0 Å². The van der Waals surface area contributed by atoms with Crippen LogP contribution in [-0.4, -0.2) is 18.1 Å². The molecule has 2 rings (SSSR count). The Kier molecular flexibility index (Phi) is 21.9. The van der Waals surface area contributed by atoms with E-state index in [1.807, 2.05) is 34.6 Å². The highest BCUT2D eigenvalue weighted by Crippen LogP contribution is 2.25. The maximum Gasteiger partial charge on any atom is 0.167 e. The van der Waals surface area contributed by atoms with Crippen molar-refractivity contribution in [3.63, 3.8) is 0 Å². The summed E-state index contributed by atoms with van der Waals surface area (Å²) < 4.78 is 0. The van der Waals surface area contributed by atoms with Gasteiger partial charge in [-0.2, -0.15) is 0 Å². The number of halogens is 4. The first-order chi connectivity index (χ1) is 16.2. The van der Waals surface area contributed by atoms with E-state index in [1.165, 1.54) is 0 Å². The van der Waals surface area contributed by atoms with Gasteiger partial charge < -0.3 is 5.73 Å². The van der Waals surface area contributed by atoms with E-state index in [9.17, 15) is 9.59 Å². The van der Waals surface area contributed by atoms with Gasteiger partial charge in [0.2, 0.25) is 0 Å². The van der Waals surface area contributed by atoms with Gasteiger partial charge in [0.1, 0.15) is 0 Å². The summed E-state index contributed by atoms with van der Waals surface area (Å²) in [5, 5.41) is 1.78. The number of hydrogen-bond acceptors (Lipinski definition) is 3. The van der Waals surface area contributed by atoms with E-state index in [1.54, 1.807) is 36.4 Å². The van der Waals surface area contributed by atoms with Crippen LogP contribution in [0.25, 0.3) is 0 Å². The molecule has 1 atom stereocenters. The summed E-state index contributed by atoms with van der Waals surface area (Å²) in [6.45, 7) is 12.5. The second-order valence-corrected chi connectivity index (χ2v) is 8.50. The summed E-state index contributed by atoms with van der Waals surface area (Å²) in [5.41, 5.74) is 6.81. The van der Waals surface area contributed by atoms with Crippen molar-refractivity contribution in [2.24, 2.45) is 11.7 Å². The number of hydrogen-bond donors (Lipinski definition) is 1. The topological polar surface area (TPSA) is 60.2 Å². The number of rotatable bonds is 9. The largest absolute Gasteiger partial charge is 0.330 e. The first kappa shape index (κ1) is 35.1. The quantitative estimate of drug-likeness (QED) is 0.316. The number of carbonyl (C=O) groups is 2. The van der Waals surface area contributed by atoms with Crippen LogP contribution in [0.5, 0.6) is 0 Å². The zero-order valence-corrected chi connectivity index (χ0v) is 24.2. The molecule has 34 heavy (non-hydrogen) atoms. The molecule has 0 heterocycles. The lowest BCUT2D eigenvalue weighted by atomic mass is 9.94. The SMILES string of the molecule is CC.CC.CCCC(CN)C(=O)c1ccc(Cl)c(Cl)c1.CCCCC(=O)c1ccc(Cl)c(Cl)c1. The normalized spacial score (nSPS) is 10.4. The van der Waals surface area contributed by atoms with Crippen LogP contribution in [0.15, 0.2) is 36.4 Å². The molecule has 7 heteroatoms. The van der Waals surface area contributed by atoms with Crippen LogP contribution in [0.3, 0.4) is 0 Å². The third-order valence-corrected chi connectivity index (χ3v) is 5.97. The molecule has 0 bridgehead atoms. The maximum atomic E-state index is 12.0. The van der Waals surface area contributed by atoms with E-state index in [0.717, 1.165) is 25.7 Å². The number of carbonyl (C=O) groups excluding carboxylic acids is 2. The number of Topliss-reactive ketones (excluding diaryl/α,β-unsaturated/α-hetero) is 2. The highest BCUT2D eigenvalue weighted by atomic mass is 35.5. The summed E-state index contributed by atoms with van der Waals surface area (Å²) in [5.74, 6) is 0.0515. The Labute approximate surface area is 226 Å². The van der Waals surface area contributed by atoms with Gasteiger partial charge in [0.15, 0.2) is 11.6 Å². The summed E-state index contributed by atoms with van der Waals surface area (Å²) in [6, 6.07) is 9.92. The molecule has 0 fully saturated rings. The van der Waals surface area contributed by atoms with Crippen molar-refractivity contribution in [1.82, 2.24) is 0 Å². The molecule has 2 aromatic carbocycles. The molecule has 0 radical (unpaired) electrons. The van der Waals surface area contributed by atoms with Crippen LogP contribution >= 0.6 is 46.4 Å². The Morgan fingerprint density at radius 2 is 1.24 bits per heavy atom. The van der Waals surface area contributed by atoms with Crippen LogP contribution in [0, 0.1) is 5.92 Å². The minimum absolute atomic E-state index is 0.0444. The van der Waals surface area contributed by atoms with Gasteiger partial charge in [-0.3, -0.25) is 9.59 Å². The molecule has 0 spiro atoms. The van der Waals surface area contributed by atoms with Crippen molar-refractivity contribution in [2.45, 2.75) is 73.6 Å². The molecule has 2 aromatic rings. The molecule has 3 nitrogen and oxygen atoms in total. The summed E-state index contributed by atoms with van der Waals surface area (Å²) in [6.07, 6.45) is 4.26. The van der Waals surface area contributed by atoms with Crippen molar-refractivity contribution < 1.29 is 9.59 Å². The Hall–Kier alpha value is -1.10. The third-order valence-electron chi connectivity index (χ3n) is 4.50. The maximum absolute atomic E-state index is 12.0. The van der Waals surface area contributed by atoms with E-state index in [-0.39, 0.29) is 17.5 Å². The minimum Gasteiger partial charge on any atom is -0.330 e. The van der Waals surface area contributed by atoms with Crippen molar-refractivity contribution >= 4 is 58.0 Å². The van der Waals surface area contributed by atoms with Crippen molar-refractivity contribution in [3.8, 4) is 0 Å². The fraction of sp³-hybridized carbons (Fsp3) is 0.481. The Bertz CT molecular complexity index is 857. The molecular formula is C27H39Cl4NO2. The lowest BCUT2D eigenvalue weighted by Crippen LogP contribution is -2.23. The molecule has 0 aliphatic carbocycles. The molecule has 0 aliphatic heterocycles. The minimum atomic E-state index is -0.123. The van der Waals surface area contributed by atoms with Crippen LogP contribution in [0.2, 0.25) is 20.1 Å². The first-order valence-corrected chi connectivity index (χ1v) is 13.4. The fourth-order valence-corrected chi connectivity index (χ4v) is 3.34. The van der Waals surface area contributed by atoms with Gasteiger partial charge >= 0.3 is 0 Å². The Morgan fingerprint density at radius 1 is 0.765 bits per heavy atom. The lowest BCUT2D eigenvalue weighted by molar-refractivity contribution is 0.0916. The number of nitrogens with two attached hydrogens (primary N) is 1. The molecule has 0 aromatic heterocycles. The predicted molar refractivity (Wildman–Crippen MR) is 151 cm³/mol. The highest BCUT2D eigenvalue weighted by Gasteiger charge is 2.18. The van der Waals surface area contributed by atoms with Crippen molar-refractivity contribution in [3.05, 3.63) is 67.6 Å². The number of benzene rings is 2. The van der Waals surface area contributed by atoms with E-state index in [0.29, 0.717) is 44.2 Å². The summed E-state index contributed by atoms with van der Waals surface area (Å²) in [4.78, 5) is 23.6. The smallest absolute Gasteiger partial charge is 0.167 e. The Balaban J connectivity index is 0. The van der Waals surface area contributed by atoms with Crippen molar-refractivity contribution in [1.29, 1.82) is 0 Å². The van der Waals surface area contributed by atoms with Gasteiger partial charge in [0.05, 0.1) is 20.1 Å². The molecule has 192 valence electrons. The van der Waals surface area contributed by atoms with Gasteiger partial charge in [0.25, 0.3) is 0 Å². The lowest BCUT2D eigenvalue weighted by Gasteiger charge is -2.12. The van der Waals surface area contributed by atoms with Crippen LogP contribution in [0.1, 0.15) is 94.4 Å². The fourth-order valence-electron chi connectivity index (χ4n) is 2.74. The van der Waals surface area contributed by atoms with Gasteiger partial charge in [-0.15, -0.1) is 0 Å². The average molecular weight is 551 g/mol. The van der Waals surface area contributed by atoms with E-state index in [2.05, 4.69) is 6.92 Å². The standard InChI is InChI=1S/C12H15Cl2NO.C11H12Cl2O.2C2H6/c1-2-3-9(7-15)12(16)8-4-5-10(13)11(14)6-8;1-2-3-4-11(14)8-5-6-9(12)10(13)7-8;2*1-2/h4-6,9H,2-3,7,15H2,1H3;5-7H,2-4H2,1H3;2*1-2H3. The van der Waals surface area contributed by atoms with Gasteiger partial charge in [-0.1, -0.05) is 101 Å². The highest BCUT2D eigenvalue weighted by molar-refractivity contribution is 6.42. The van der Waals surface area contributed by atoms with E-state index in [4.69, 9.17) is 52.1 Å². The van der Waals surface area contributed by atoms with Crippen molar-refractivity contribution in [2.75, 3.05) is 6.54 Å². The zero-order chi connectivity index (χ0) is 26.7. The molecule has 0 saturated heterocycles. The van der Waals surface area contributed by atoms with Crippen LogP contribution < -0.4 is 5.73 Å². The van der Waals surface area contributed by atoms with E-state index >= 15 is 0 Å². The number of unbranched alkanes of at least 4 members (excludes halogenated alkanes) is 1. The van der Waals surface area contributed by atoms with Gasteiger partial charge in [-0.05, 0) is 49.2 Å². The van der Waals surface area contributed by atoms with Crippen LogP contribution in [0.4, 0.5) is 0 Å². The monoisotopic (exact) mass is 549 g/mol.